The summed E-state index contributed by atoms with van der Waals surface area (Å²) in [6.07, 6.45) is 1.65. The maximum Gasteiger partial charge on any atom is 0.264 e. The number of thioether (sulfide) groups is 1. The number of hydrogen-bond donors (Lipinski definition) is 3. The van der Waals surface area contributed by atoms with E-state index in [4.69, 9.17) is 29.0 Å². The van der Waals surface area contributed by atoms with Crippen molar-refractivity contribution in [3.8, 4) is 0 Å². The lowest BCUT2D eigenvalue weighted by atomic mass is 10.3. The summed E-state index contributed by atoms with van der Waals surface area (Å²) in [6, 6.07) is 8.68. The van der Waals surface area contributed by atoms with Gasteiger partial charge in [-0.3, -0.25) is 4.79 Å². The van der Waals surface area contributed by atoms with Crippen LogP contribution in [0.15, 0.2) is 46.0 Å². The molecule has 8 nitrogen and oxygen atoms in total. The molecule has 0 fully saturated rings. The molecule has 0 aliphatic carbocycles. The average Bonchev–Trinajstić information content (AvgIpc) is 3.27. The largest absolute Gasteiger partial charge is 0.334 e. The third-order valence-electron chi connectivity index (χ3n) is 3.10. The van der Waals surface area contributed by atoms with Crippen molar-refractivity contribution >= 4 is 70.1 Å². The van der Waals surface area contributed by atoms with Crippen molar-refractivity contribution in [2.45, 2.75) is 5.16 Å². The number of nitrogens with two attached hydrogens (primary N) is 1. The van der Waals surface area contributed by atoms with E-state index in [1.165, 1.54) is 4.68 Å². The number of nitrogens with one attached hydrogen (secondary N) is 2. The van der Waals surface area contributed by atoms with Gasteiger partial charge in [0, 0.05) is 9.90 Å². The van der Waals surface area contributed by atoms with E-state index in [2.05, 4.69) is 26.0 Å². The van der Waals surface area contributed by atoms with E-state index in [9.17, 15) is 4.79 Å². The number of rotatable bonds is 7. The van der Waals surface area contributed by atoms with E-state index < -0.39 is 0 Å². The summed E-state index contributed by atoms with van der Waals surface area (Å²) >= 11 is 14.5. The second-order valence-electron chi connectivity index (χ2n) is 5.02. The first kappa shape index (κ1) is 19.5. The van der Waals surface area contributed by atoms with Gasteiger partial charge in [0.1, 0.15) is 0 Å². The Morgan fingerprint density at radius 2 is 2.22 bits per heavy atom. The lowest BCUT2D eigenvalue weighted by Crippen LogP contribution is -2.17. The molecule has 0 saturated heterocycles. The number of thiophene rings is 1. The van der Waals surface area contributed by atoms with Gasteiger partial charge in [-0.1, -0.05) is 41.0 Å². The average molecular weight is 442 g/mol. The first-order valence-electron chi connectivity index (χ1n) is 7.43. The van der Waals surface area contributed by atoms with E-state index in [0.717, 1.165) is 16.6 Å². The molecule has 0 radical (unpaired) electrons. The number of hydrogen-bond acceptors (Lipinski definition) is 8. The molecule has 1 amide bonds. The zero-order chi connectivity index (χ0) is 19.2. The lowest BCUT2D eigenvalue weighted by molar-refractivity contribution is -0.113. The third kappa shape index (κ3) is 5.36. The maximum atomic E-state index is 12.1. The van der Waals surface area contributed by atoms with Crippen LogP contribution in [0.2, 0.25) is 10.0 Å². The molecule has 0 atom stereocenters. The molecule has 2 aromatic heterocycles. The standard InChI is InChI=1S/C15H13Cl2N7OS2/c16-9-3-4-12(11(17)6-9)20-13(25)8-27-15-23-22-14(24(15)18)21-19-7-10-2-1-5-26-10/h1-7H,8,18H2,(H,20,25)(H,21,22)/b19-7+. The second kappa shape index (κ2) is 9.09. The van der Waals surface area contributed by atoms with Crippen molar-refractivity contribution in [2.75, 3.05) is 22.3 Å². The Balaban J connectivity index is 1.53. The van der Waals surface area contributed by atoms with Crippen LogP contribution in [0.5, 0.6) is 0 Å². The van der Waals surface area contributed by atoms with Crippen LogP contribution >= 0.6 is 46.3 Å². The van der Waals surface area contributed by atoms with Gasteiger partial charge < -0.3 is 11.2 Å². The zero-order valence-electron chi connectivity index (χ0n) is 13.6. The van der Waals surface area contributed by atoms with Crippen molar-refractivity contribution in [1.29, 1.82) is 0 Å². The lowest BCUT2D eigenvalue weighted by Gasteiger charge is -2.07. The number of hydrazone groups is 1. The molecule has 4 N–H and O–H groups in total. The minimum Gasteiger partial charge on any atom is -0.334 e. The predicted molar refractivity (Wildman–Crippen MR) is 112 cm³/mol. The molecule has 0 saturated carbocycles. The topological polar surface area (TPSA) is 110 Å². The van der Waals surface area contributed by atoms with Gasteiger partial charge in [0.15, 0.2) is 0 Å². The van der Waals surface area contributed by atoms with Gasteiger partial charge in [-0.2, -0.15) is 5.10 Å². The fraction of sp³-hybridized carbons (Fsp3) is 0.0667. The van der Waals surface area contributed by atoms with Crippen LogP contribution in [-0.4, -0.2) is 32.7 Å². The molecular formula is C15H13Cl2N7OS2. The van der Waals surface area contributed by atoms with Crippen molar-refractivity contribution in [3.05, 3.63) is 50.6 Å². The minimum absolute atomic E-state index is 0.0761. The van der Waals surface area contributed by atoms with E-state index in [0.29, 0.717) is 20.9 Å². The fourth-order valence-electron chi connectivity index (χ4n) is 1.88. The Labute approximate surface area is 172 Å². The van der Waals surface area contributed by atoms with E-state index >= 15 is 0 Å². The first-order chi connectivity index (χ1) is 13.0. The quantitative estimate of drug-likeness (QED) is 0.224. The van der Waals surface area contributed by atoms with Gasteiger partial charge in [-0.05, 0) is 29.6 Å². The van der Waals surface area contributed by atoms with Crippen LogP contribution in [0.3, 0.4) is 0 Å². The number of anilines is 2. The molecule has 0 bridgehead atoms. The number of nitrogens with zero attached hydrogens (tertiary/aromatic N) is 4. The Hall–Kier alpha value is -2.27. The molecule has 0 unspecified atom stereocenters. The molecule has 0 aliphatic rings. The Morgan fingerprint density at radius 3 is 2.96 bits per heavy atom. The molecule has 12 heteroatoms. The summed E-state index contributed by atoms with van der Waals surface area (Å²) in [5.74, 6) is 5.98. The molecule has 1 aromatic carbocycles. The van der Waals surface area contributed by atoms with Crippen LogP contribution in [0.4, 0.5) is 11.6 Å². The monoisotopic (exact) mass is 441 g/mol. The Kier molecular flexibility index (Phi) is 6.56. The maximum absolute atomic E-state index is 12.1. The highest BCUT2D eigenvalue weighted by Gasteiger charge is 2.13. The van der Waals surface area contributed by atoms with Crippen molar-refractivity contribution in [3.63, 3.8) is 0 Å². The van der Waals surface area contributed by atoms with Gasteiger partial charge in [-0.15, -0.1) is 21.5 Å². The molecular weight excluding hydrogens is 429 g/mol. The summed E-state index contributed by atoms with van der Waals surface area (Å²) in [4.78, 5) is 13.1. The molecule has 140 valence electrons. The highest BCUT2D eigenvalue weighted by molar-refractivity contribution is 7.99. The fourth-order valence-corrected chi connectivity index (χ4v) is 3.57. The van der Waals surface area contributed by atoms with Crippen LogP contribution in [0, 0.1) is 0 Å². The summed E-state index contributed by atoms with van der Waals surface area (Å²) in [6.45, 7) is 0. The van der Waals surface area contributed by atoms with Gasteiger partial charge in [0.2, 0.25) is 11.1 Å². The van der Waals surface area contributed by atoms with E-state index in [1.807, 2.05) is 17.5 Å². The zero-order valence-corrected chi connectivity index (χ0v) is 16.7. The molecule has 3 rings (SSSR count). The van der Waals surface area contributed by atoms with Crippen LogP contribution in [0.25, 0.3) is 0 Å². The molecule has 0 aliphatic heterocycles. The predicted octanol–water partition coefficient (Wildman–Crippen LogP) is 3.54. The molecule has 0 spiro atoms. The number of benzene rings is 1. The number of halogens is 2. The first-order valence-corrected chi connectivity index (χ1v) is 10.1. The third-order valence-corrected chi connectivity index (χ3v) is 5.40. The van der Waals surface area contributed by atoms with Gasteiger partial charge >= 0.3 is 0 Å². The van der Waals surface area contributed by atoms with Crippen LogP contribution < -0.4 is 16.6 Å². The second-order valence-corrected chi connectivity index (χ2v) is 7.79. The number of carbonyl (C=O) groups excluding carboxylic acids is 1. The summed E-state index contributed by atoms with van der Waals surface area (Å²) in [5.41, 5.74) is 3.19. The highest BCUT2D eigenvalue weighted by Crippen LogP contribution is 2.26. The normalized spacial score (nSPS) is 11.0. The minimum atomic E-state index is -0.266. The van der Waals surface area contributed by atoms with Crippen molar-refractivity contribution in [2.24, 2.45) is 5.10 Å². The molecule has 3 aromatic rings. The van der Waals surface area contributed by atoms with Gasteiger partial charge in [-0.25, -0.2) is 10.1 Å². The summed E-state index contributed by atoms with van der Waals surface area (Å²) < 4.78 is 1.22. The van der Waals surface area contributed by atoms with E-state index in [-0.39, 0.29) is 17.6 Å². The highest BCUT2D eigenvalue weighted by atomic mass is 35.5. The van der Waals surface area contributed by atoms with Crippen LogP contribution in [0.1, 0.15) is 4.88 Å². The van der Waals surface area contributed by atoms with Gasteiger partial charge in [0.05, 0.1) is 22.7 Å². The van der Waals surface area contributed by atoms with Crippen LogP contribution in [-0.2, 0) is 4.79 Å². The van der Waals surface area contributed by atoms with Gasteiger partial charge in [0.25, 0.3) is 5.95 Å². The Morgan fingerprint density at radius 1 is 1.37 bits per heavy atom. The van der Waals surface area contributed by atoms with Crippen molar-refractivity contribution in [1.82, 2.24) is 14.9 Å². The van der Waals surface area contributed by atoms with E-state index in [1.54, 1.807) is 35.8 Å². The molecule has 27 heavy (non-hydrogen) atoms. The van der Waals surface area contributed by atoms with Crippen molar-refractivity contribution < 1.29 is 4.79 Å². The molecule has 2 heterocycles. The number of aromatic nitrogens is 3. The summed E-state index contributed by atoms with van der Waals surface area (Å²) in [5, 5.41) is 17.7. The number of nitrogen functional groups attached to an aromatic ring is 1. The Bertz CT molecular complexity index is 959. The summed E-state index contributed by atoms with van der Waals surface area (Å²) in [7, 11) is 0. The smallest absolute Gasteiger partial charge is 0.264 e. The number of carbonyl (C=O) groups is 1. The SMILES string of the molecule is Nn1c(N/N=C/c2cccs2)nnc1SCC(=O)Nc1ccc(Cl)cc1Cl. The number of amides is 1.